The lowest BCUT2D eigenvalue weighted by molar-refractivity contribution is -0.127. The largest absolute Gasteiger partial charge is 0.493 e. The second kappa shape index (κ2) is 12.6. The van der Waals surface area contributed by atoms with Crippen molar-refractivity contribution >= 4 is 90.5 Å². The number of nitrogens with one attached hydrogen (secondary N) is 1. The van der Waals surface area contributed by atoms with Crippen LogP contribution in [0.1, 0.15) is 11.1 Å². The number of thioether (sulfide) groups is 1. The number of imide groups is 1. The molecule has 1 N–H and O–H groups in total. The van der Waals surface area contributed by atoms with Crippen molar-refractivity contribution in [2.75, 3.05) is 19.0 Å². The average Bonchev–Trinajstić information content (AvgIpc) is 3.20. The third-order valence-electron chi connectivity index (χ3n) is 6.18. The molecule has 11 heteroatoms. The Bertz CT molecular complexity index is 1720. The van der Waals surface area contributed by atoms with E-state index < -0.39 is 23.6 Å². The van der Waals surface area contributed by atoms with E-state index in [9.17, 15) is 14.4 Å². The van der Waals surface area contributed by atoms with Crippen LogP contribution >= 0.6 is 50.9 Å². The Hall–Kier alpha value is -3.50. The number of methoxy groups -OCH3 is 1. The number of carbonyl (C=O) groups excluding carboxylic acids is 3. The summed E-state index contributed by atoms with van der Waals surface area (Å²) in [6.45, 7) is -0.234. The summed E-state index contributed by atoms with van der Waals surface area (Å²) in [5.41, 5.74) is 1.94. The third-order valence-corrected chi connectivity index (χ3v) is 8.26. The van der Waals surface area contributed by atoms with E-state index in [4.69, 9.17) is 32.7 Å². The van der Waals surface area contributed by atoms with E-state index in [-0.39, 0.29) is 11.5 Å². The minimum Gasteiger partial charge on any atom is -0.493 e. The van der Waals surface area contributed by atoms with Gasteiger partial charge in [-0.3, -0.25) is 19.3 Å². The zero-order valence-electron chi connectivity index (χ0n) is 21.5. The zero-order chi connectivity index (χ0) is 29.1. The Labute approximate surface area is 258 Å². The summed E-state index contributed by atoms with van der Waals surface area (Å²) in [4.78, 5) is 39.7. The molecule has 7 nitrogen and oxygen atoms in total. The molecule has 5 rings (SSSR count). The van der Waals surface area contributed by atoms with Gasteiger partial charge in [-0.25, -0.2) is 0 Å². The van der Waals surface area contributed by atoms with E-state index in [1.807, 2.05) is 36.4 Å². The predicted molar refractivity (Wildman–Crippen MR) is 167 cm³/mol. The third kappa shape index (κ3) is 6.54. The van der Waals surface area contributed by atoms with Crippen LogP contribution in [0.4, 0.5) is 10.5 Å². The standard InChI is InChI=1S/C30H21BrCl2N2O5S/c1-39-25-12-17(11-22(31)28(25)40-16-19-9-10-20(32)14-23(19)33)13-26-29(37)35(30(38)41-26)15-27(36)34-24-8-4-6-18-5-2-3-7-21(18)24/h2-14H,15-16H2,1H3,(H,34,36)/b26-13+. The number of halogens is 3. The molecule has 1 heterocycles. The summed E-state index contributed by atoms with van der Waals surface area (Å²) in [6.07, 6.45) is 1.57. The molecule has 0 radical (unpaired) electrons. The molecule has 1 aliphatic rings. The second-order valence-electron chi connectivity index (χ2n) is 8.90. The Balaban J connectivity index is 1.29. The van der Waals surface area contributed by atoms with Gasteiger partial charge in [0.25, 0.3) is 11.1 Å². The first-order chi connectivity index (χ1) is 19.7. The van der Waals surface area contributed by atoms with Crippen molar-refractivity contribution in [3.63, 3.8) is 0 Å². The number of ether oxygens (including phenoxy) is 2. The van der Waals surface area contributed by atoms with Gasteiger partial charge in [0.15, 0.2) is 11.5 Å². The van der Waals surface area contributed by atoms with Gasteiger partial charge in [-0.05, 0) is 75.0 Å². The molecular weight excluding hydrogens is 651 g/mol. The molecule has 0 unspecified atom stereocenters. The highest BCUT2D eigenvalue weighted by atomic mass is 79.9. The molecule has 1 fully saturated rings. The molecule has 4 aromatic rings. The molecule has 0 aliphatic carbocycles. The molecule has 0 spiro atoms. The van der Waals surface area contributed by atoms with Crippen molar-refractivity contribution < 1.29 is 23.9 Å². The summed E-state index contributed by atoms with van der Waals surface area (Å²) in [5, 5.41) is 5.11. The molecule has 208 valence electrons. The lowest BCUT2D eigenvalue weighted by Gasteiger charge is -2.15. The number of benzene rings is 4. The normalized spacial score (nSPS) is 14.1. The van der Waals surface area contributed by atoms with Gasteiger partial charge in [0.05, 0.1) is 16.5 Å². The first-order valence-electron chi connectivity index (χ1n) is 12.2. The number of fused-ring (bicyclic) bond motifs is 1. The maximum Gasteiger partial charge on any atom is 0.294 e. The smallest absolute Gasteiger partial charge is 0.294 e. The lowest BCUT2D eigenvalue weighted by Crippen LogP contribution is -2.36. The quantitative estimate of drug-likeness (QED) is 0.190. The van der Waals surface area contributed by atoms with Crippen molar-refractivity contribution in [2.45, 2.75) is 6.61 Å². The number of anilines is 1. The second-order valence-corrected chi connectivity index (χ2v) is 11.6. The van der Waals surface area contributed by atoms with Gasteiger partial charge in [-0.15, -0.1) is 0 Å². The Morgan fingerprint density at radius 2 is 1.83 bits per heavy atom. The Morgan fingerprint density at radius 3 is 2.61 bits per heavy atom. The van der Waals surface area contributed by atoms with Crippen molar-refractivity contribution in [2.24, 2.45) is 0 Å². The summed E-state index contributed by atoms with van der Waals surface area (Å²) >= 11 is 16.5. The van der Waals surface area contributed by atoms with Crippen LogP contribution in [-0.2, 0) is 16.2 Å². The maximum atomic E-state index is 13.1. The molecule has 3 amide bonds. The molecule has 1 saturated heterocycles. The highest BCUT2D eigenvalue weighted by Gasteiger charge is 2.36. The number of hydrogen-bond acceptors (Lipinski definition) is 6. The van der Waals surface area contributed by atoms with Crippen LogP contribution in [0.25, 0.3) is 16.8 Å². The van der Waals surface area contributed by atoms with E-state index in [0.717, 1.165) is 33.0 Å². The predicted octanol–water partition coefficient (Wildman–Crippen LogP) is 8.17. The van der Waals surface area contributed by atoms with Crippen LogP contribution in [0.5, 0.6) is 11.5 Å². The first-order valence-corrected chi connectivity index (χ1v) is 14.6. The Morgan fingerprint density at radius 1 is 1.05 bits per heavy atom. The number of nitrogens with zero attached hydrogens (tertiary/aromatic N) is 1. The fourth-order valence-corrected chi connectivity index (χ4v) is 6.08. The fraction of sp³-hybridized carbons (Fsp3) is 0.100. The van der Waals surface area contributed by atoms with Gasteiger partial charge < -0.3 is 14.8 Å². The van der Waals surface area contributed by atoms with Crippen molar-refractivity contribution in [3.05, 3.63) is 103 Å². The summed E-state index contributed by atoms with van der Waals surface area (Å²) in [7, 11) is 1.50. The first kappa shape index (κ1) is 29.0. The van der Waals surface area contributed by atoms with E-state index in [2.05, 4.69) is 21.2 Å². The van der Waals surface area contributed by atoms with Crippen molar-refractivity contribution in [1.29, 1.82) is 0 Å². The van der Waals surface area contributed by atoms with Crippen LogP contribution in [0.2, 0.25) is 10.0 Å². The van der Waals surface area contributed by atoms with Crippen LogP contribution in [0, 0.1) is 0 Å². The van der Waals surface area contributed by atoms with Crippen LogP contribution in [0.15, 0.2) is 82.2 Å². The van der Waals surface area contributed by atoms with Gasteiger partial charge in [-0.2, -0.15) is 0 Å². The Kier molecular flexibility index (Phi) is 8.89. The molecule has 0 aromatic heterocycles. The van der Waals surface area contributed by atoms with E-state index in [1.165, 1.54) is 7.11 Å². The highest BCUT2D eigenvalue weighted by Crippen LogP contribution is 2.40. The van der Waals surface area contributed by atoms with Crippen molar-refractivity contribution in [1.82, 2.24) is 4.90 Å². The zero-order valence-corrected chi connectivity index (χ0v) is 25.4. The SMILES string of the molecule is COc1cc(/C=C2/SC(=O)N(CC(=O)Nc3cccc4ccccc34)C2=O)cc(Br)c1OCc1ccc(Cl)cc1Cl. The molecule has 0 saturated carbocycles. The number of amides is 3. The van der Waals surface area contributed by atoms with Crippen molar-refractivity contribution in [3.8, 4) is 11.5 Å². The summed E-state index contributed by atoms with van der Waals surface area (Å²) in [5.74, 6) is -0.184. The molecule has 0 atom stereocenters. The molecule has 4 aromatic carbocycles. The molecule has 41 heavy (non-hydrogen) atoms. The maximum absolute atomic E-state index is 13.1. The highest BCUT2D eigenvalue weighted by molar-refractivity contribution is 9.10. The van der Waals surface area contributed by atoms with Gasteiger partial charge >= 0.3 is 0 Å². The van der Waals surface area contributed by atoms with Crippen LogP contribution in [-0.4, -0.2) is 35.6 Å². The fourth-order valence-electron chi connectivity index (χ4n) is 4.21. The van der Waals surface area contributed by atoms with E-state index >= 15 is 0 Å². The van der Waals surface area contributed by atoms with Gasteiger partial charge in [0.1, 0.15) is 13.2 Å². The molecule has 1 aliphatic heterocycles. The minimum absolute atomic E-state index is 0.171. The van der Waals surface area contributed by atoms with E-state index in [1.54, 1.807) is 42.5 Å². The van der Waals surface area contributed by atoms with Crippen LogP contribution < -0.4 is 14.8 Å². The summed E-state index contributed by atoms with van der Waals surface area (Å²) in [6, 6.07) is 21.7. The monoisotopic (exact) mass is 670 g/mol. The number of carbonyl (C=O) groups is 3. The summed E-state index contributed by atoms with van der Waals surface area (Å²) < 4.78 is 12.1. The average molecular weight is 672 g/mol. The molecular formula is C30H21BrCl2N2O5S. The van der Waals surface area contributed by atoms with Gasteiger partial charge in [-0.1, -0.05) is 65.7 Å². The number of rotatable bonds is 8. The molecule has 0 bridgehead atoms. The van der Waals surface area contributed by atoms with E-state index in [0.29, 0.717) is 37.3 Å². The van der Waals surface area contributed by atoms with Gasteiger partial charge in [0.2, 0.25) is 5.91 Å². The lowest BCUT2D eigenvalue weighted by atomic mass is 10.1. The van der Waals surface area contributed by atoms with Gasteiger partial charge in [0, 0.05) is 26.7 Å². The minimum atomic E-state index is -0.555. The topological polar surface area (TPSA) is 84.9 Å². The van der Waals surface area contributed by atoms with Crippen LogP contribution in [0.3, 0.4) is 0 Å². The number of hydrogen-bond donors (Lipinski definition) is 1.